The van der Waals surface area contributed by atoms with Gasteiger partial charge in [-0.3, -0.25) is 4.99 Å². The fourth-order valence-electron chi connectivity index (χ4n) is 2.80. The molecule has 7 heteroatoms. The first kappa shape index (κ1) is 22.2. The zero-order valence-corrected chi connectivity index (χ0v) is 17.9. The molecule has 0 aromatic heterocycles. The van der Waals surface area contributed by atoms with Crippen molar-refractivity contribution in [2.75, 3.05) is 46.3 Å². The zero-order chi connectivity index (χ0) is 21.1. The number of anilines is 1. The largest absolute Gasteiger partial charge is 0.493 e. The fraction of sp³-hybridized carbons (Fsp3) is 0.409. The van der Waals surface area contributed by atoms with Gasteiger partial charge in [0.25, 0.3) is 0 Å². The summed E-state index contributed by atoms with van der Waals surface area (Å²) in [4.78, 5) is 4.67. The van der Waals surface area contributed by atoms with Gasteiger partial charge in [0.2, 0.25) is 0 Å². The van der Waals surface area contributed by atoms with Crippen LogP contribution in [0.1, 0.15) is 19.4 Å². The lowest BCUT2D eigenvalue weighted by molar-refractivity contribution is 0.311. The molecule has 0 amide bonds. The lowest BCUT2D eigenvalue weighted by Gasteiger charge is -2.14. The van der Waals surface area contributed by atoms with E-state index in [1.54, 1.807) is 21.3 Å². The van der Waals surface area contributed by atoms with Crippen LogP contribution in [-0.2, 0) is 6.42 Å². The molecule has 0 bridgehead atoms. The molecule has 2 aromatic carbocycles. The maximum Gasteiger partial charge on any atom is 0.195 e. The Morgan fingerprint density at radius 2 is 1.55 bits per heavy atom. The Balaban J connectivity index is 2.07. The van der Waals surface area contributed by atoms with E-state index in [0.29, 0.717) is 30.6 Å². The molecule has 0 aliphatic heterocycles. The maximum atomic E-state index is 5.64. The first-order valence-corrected chi connectivity index (χ1v) is 9.72. The first-order valence-electron chi connectivity index (χ1n) is 9.72. The minimum absolute atomic E-state index is 0.569. The van der Waals surface area contributed by atoms with Crippen LogP contribution < -0.4 is 29.6 Å². The quantitative estimate of drug-likeness (QED) is 0.467. The molecule has 0 saturated carbocycles. The van der Waals surface area contributed by atoms with Gasteiger partial charge in [0.05, 0.1) is 27.9 Å². The molecule has 2 aromatic rings. The number of ether oxygens (including phenoxy) is 4. The highest BCUT2D eigenvalue weighted by Crippen LogP contribution is 2.30. The topological polar surface area (TPSA) is 73.3 Å². The Morgan fingerprint density at radius 3 is 2.21 bits per heavy atom. The van der Waals surface area contributed by atoms with Gasteiger partial charge in [0, 0.05) is 24.8 Å². The van der Waals surface area contributed by atoms with E-state index >= 15 is 0 Å². The SMILES string of the molecule is CCNC(=NCCc1ccc(OC)c(OC)c1)Nc1ccc(OC)c(OCC)c1. The van der Waals surface area contributed by atoms with Gasteiger partial charge in [-0.15, -0.1) is 0 Å². The van der Waals surface area contributed by atoms with Crippen LogP contribution in [-0.4, -0.2) is 47.0 Å². The fourth-order valence-corrected chi connectivity index (χ4v) is 2.80. The Bertz CT molecular complexity index is 809. The lowest BCUT2D eigenvalue weighted by atomic mass is 10.1. The number of hydrogen-bond acceptors (Lipinski definition) is 5. The lowest BCUT2D eigenvalue weighted by Crippen LogP contribution is -2.30. The van der Waals surface area contributed by atoms with Crippen LogP contribution in [0.4, 0.5) is 5.69 Å². The van der Waals surface area contributed by atoms with Gasteiger partial charge < -0.3 is 29.6 Å². The van der Waals surface area contributed by atoms with Crippen LogP contribution in [0.25, 0.3) is 0 Å². The minimum Gasteiger partial charge on any atom is -0.493 e. The second kappa shape index (κ2) is 11.7. The van der Waals surface area contributed by atoms with Gasteiger partial charge in [-0.25, -0.2) is 0 Å². The van der Waals surface area contributed by atoms with Gasteiger partial charge in [-0.2, -0.15) is 0 Å². The van der Waals surface area contributed by atoms with Crippen LogP contribution in [0.15, 0.2) is 41.4 Å². The van der Waals surface area contributed by atoms with E-state index < -0.39 is 0 Å². The number of methoxy groups -OCH3 is 3. The molecule has 0 heterocycles. The van der Waals surface area contributed by atoms with Gasteiger partial charge in [0.15, 0.2) is 29.0 Å². The van der Waals surface area contributed by atoms with Gasteiger partial charge in [-0.1, -0.05) is 6.07 Å². The average molecular weight is 402 g/mol. The van der Waals surface area contributed by atoms with E-state index in [-0.39, 0.29) is 0 Å². The van der Waals surface area contributed by atoms with Crippen molar-refractivity contribution in [3.8, 4) is 23.0 Å². The molecule has 29 heavy (non-hydrogen) atoms. The molecular weight excluding hydrogens is 370 g/mol. The second-order valence-electron chi connectivity index (χ2n) is 6.12. The predicted octanol–water partition coefficient (Wildman–Crippen LogP) is 3.73. The highest BCUT2D eigenvalue weighted by molar-refractivity contribution is 5.93. The number of nitrogens with one attached hydrogen (secondary N) is 2. The Labute approximate surface area is 173 Å². The third-order valence-electron chi connectivity index (χ3n) is 4.19. The summed E-state index contributed by atoms with van der Waals surface area (Å²) in [5.41, 5.74) is 2.00. The summed E-state index contributed by atoms with van der Waals surface area (Å²) in [7, 11) is 4.90. The molecule has 0 fully saturated rings. The monoisotopic (exact) mass is 401 g/mol. The summed E-state index contributed by atoms with van der Waals surface area (Å²) in [5.74, 6) is 3.55. The van der Waals surface area contributed by atoms with Crippen molar-refractivity contribution < 1.29 is 18.9 Å². The highest BCUT2D eigenvalue weighted by Gasteiger charge is 2.08. The molecule has 0 radical (unpaired) electrons. The van der Waals surface area contributed by atoms with Crippen molar-refractivity contribution in [1.29, 1.82) is 0 Å². The van der Waals surface area contributed by atoms with Crippen LogP contribution in [0.3, 0.4) is 0 Å². The smallest absolute Gasteiger partial charge is 0.195 e. The molecule has 0 saturated heterocycles. The maximum absolute atomic E-state index is 5.64. The molecule has 0 aliphatic carbocycles. The normalized spacial score (nSPS) is 11.0. The summed E-state index contributed by atoms with van der Waals surface area (Å²) in [5, 5.41) is 6.58. The molecule has 0 atom stereocenters. The van der Waals surface area contributed by atoms with E-state index in [4.69, 9.17) is 18.9 Å². The Morgan fingerprint density at radius 1 is 0.862 bits per heavy atom. The zero-order valence-electron chi connectivity index (χ0n) is 17.9. The standard InChI is InChI=1S/C22H31N3O4/c1-6-23-22(25-17-9-11-19(27-4)21(15-17)29-7-2)24-13-12-16-8-10-18(26-3)20(14-16)28-5/h8-11,14-15H,6-7,12-13H2,1-5H3,(H2,23,24,25). The van der Waals surface area contributed by atoms with Crippen LogP contribution in [0.5, 0.6) is 23.0 Å². The number of aliphatic imine (C=N–C) groups is 1. The highest BCUT2D eigenvalue weighted by atomic mass is 16.5. The number of rotatable bonds is 10. The third-order valence-corrected chi connectivity index (χ3v) is 4.19. The van der Waals surface area contributed by atoms with E-state index in [9.17, 15) is 0 Å². The summed E-state index contributed by atoms with van der Waals surface area (Å²) in [6.07, 6.45) is 0.781. The van der Waals surface area contributed by atoms with Gasteiger partial charge in [0.1, 0.15) is 0 Å². The van der Waals surface area contributed by atoms with Gasteiger partial charge in [-0.05, 0) is 50.1 Å². The Hall–Kier alpha value is -3.09. The Kier molecular flexibility index (Phi) is 8.95. The number of hydrogen-bond donors (Lipinski definition) is 2. The number of guanidine groups is 1. The van der Waals surface area contributed by atoms with Crippen molar-refractivity contribution in [1.82, 2.24) is 5.32 Å². The van der Waals surface area contributed by atoms with Crippen molar-refractivity contribution in [2.24, 2.45) is 4.99 Å². The summed E-state index contributed by atoms with van der Waals surface area (Å²) < 4.78 is 21.6. The summed E-state index contributed by atoms with van der Waals surface area (Å²) in [6.45, 7) is 5.93. The van der Waals surface area contributed by atoms with E-state index in [1.807, 2.05) is 50.2 Å². The van der Waals surface area contributed by atoms with Gasteiger partial charge >= 0.3 is 0 Å². The molecule has 2 N–H and O–H groups in total. The van der Waals surface area contributed by atoms with Crippen molar-refractivity contribution in [2.45, 2.75) is 20.3 Å². The van der Waals surface area contributed by atoms with E-state index in [1.165, 1.54) is 0 Å². The van der Waals surface area contributed by atoms with Crippen molar-refractivity contribution >= 4 is 11.6 Å². The molecule has 0 aliphatic rings. The van der Waals surface area contributed by atoms with Crippen LogP contribution in [0.2, 0.25) is 0 Å². The molecule has 2 rings (SSSR count). The predicted molar refractivity (Wildman–Crippen MR) is 117 cm³/mol. The molecule has 0 unspecified atom stereocenters. The molecule has 158 valence electrons. The first-order chi connectivity index (χ1) is 14.1. The summed E-state index contributed by atoms with van der Waals surface area (Å²) in [6, 6.07) is 11.6. The molecular formula is C22H31N3O4. The molecule has 7 nitrogen and oxygen atoms in total. The average Bonchev–Trinajstić information content (AvgIpc) is 2.74. The van der Waals surface area contributed by atoms with Crippen LogP contribution in [0, 0.1) is 0 Å². The minimum atomic E-state index is 0.569. The third kappa shape index (κ3) is 6.48. The van der Waals surface area contributed by atoms with Crippen molar-refractivity contribution in [3.05, 3.63) is 42.0 Å². The molecule has 0 spiro atoms. The number of nitrogens with zero attached hydrogens (tertiary/aromatic N) is 1. The van der Waals surface area contributed by atoms with Crippen molar-refractivity contribution in [3.63, 3.8) is 0 Å². The summed E-state index contributed by atoms with van der Waals surface area (Å²) >= 11 is 0. The van der Waals surface area contributed by atoms with E-state index in [2.05, 4.69) is 15.6 Å². The second-order valence-corrected chi connectivity index (χ2v) is 6.12. The van der Waals surface area contributed by atoms with Crippen LogP contribution >= 0.6 is 0 Å². The number of benzene rings is 2. The van der Waals surface area contributed by atoms with E-state index in [0.717, 1.165) is 35.7 Å².